The average Bonchev–Trinajstić information content (AvgIpc) is 2.53. The van der Waals surface area contributed by atoms with Crippen LogP contribution >= 0.6 is 28.1 Å². The van der Waals surface area contributed by atoms with Gasteiger partial charge in [0.2, 0.25) is 0 Å². The van der Waals surface area contributed by atoms with E-state index in [9.17, 15) is 8.78 Å². The zero-order chi connectivity index (χ0) is 11.9. The predicted molar refractivity (Wildman–Crippen MR) is 61.1 cm³/mol. The van der Waals surface area contributed by atoms with Gasteiger partial charge in [-0.05, 0) is 41.1 Å². The van der Waals surface area contributed by atoms with Gasteiger partial charge in [0.15, 0.2) is 4.77 Å². The number of rotatable bonds is 1. The van der Waals surface area contributed by atoms with Crippen LogP contribution in [0.4, 0.5) is 8.78 Å². The number of nitrogens with zero attached hydrogens (tertiary/aromatic N) is 2. The van der Waals surface area contributed by atoms with Gasteiger partial charge in [-0.3, -0.25) is 9.67 Å². The summed E-state index contributed by atoms with van der Waals surface area (Å²) in [6, 6.07) is 2.12. The van der Waals surface area contributed by atoms with E-state index in [1.807, 2.05) is 0 Å². The third-order valence-corrected chi connectivity index (χ3v) is 2.95. The van der Waals surface area contributed by atoms with Crippen LogP contribution in [-0.4, -0.2) is 14.8 Å². The number of aromatic nitrogens is 3. The first-order valence-electron chi connectivity index (χ1n) is 4.29. The monoisotopic (exact) mass is 305 g/mol. The molecule has 3 nitrogen and oxygen atoms in total. The number of H-pyrrole nitrogens is 1. The molecule has 0 spiro atoms. The van der Waals surface area contributed by atoms with E-state index in [2.05, 4.69) is 26.1 Å². The Morgan fingerprint density at radius 3 is 2.62 bits per heavy atom. The van der Waals surface area contributed by atoms with Gasteiger partial charge in [-0.1, -0.05) is 0 Å². The molecule has 16 heavy (non-hydrogen) atoms. The second-order valence-corrected chi connectivity index (χ2v) is 4.37. The first-order valence-corrected chi connectivity index (χ1v) is 5.50. The van der Waals surface area contributed by atoms with Crippen molar-refractivity contribution < 1.29 is 8.78 Å². The lowest BCUT2D eigenvalue weighted by molar-refractivity contribution is 0.572. The minimum Gasteiger partial charge on any atom is -0.269 e. The number of benzene rings is 1. The van der Waals surface area contributed by atoms with Crippen LogP contribution in [-0.2, 0) is 0 Å². The van der Waals surface area contributed by atoms with E-state index in [1.54, 1.807) is 6.92 Å². The van der Waals surface area contributed by atoms with Crippen molar-refractivity contribution in [2.45, 2.75) is 6.92 Å². The highest BCUT2D eigenvalue weighted by molar-refractivity contribution is 9.10. The summed E-state index contributed by atoms with van der Waals surface area (Å²) in [5, 5.41) is 6.39. The molecular weight excluding hydrogens is 300 g/mol. The third-order valence-electron chi connectivity index (χ3n) is 2.07. The molecule has 0 saturated carbocycles. The van der Waals surface area contributed by atoms with Gasteiger partial charge in [-0.15, -0.1) is 0 Å². The van der Waals surface area contributed by atoms with Gasteiger partial charge in [0.1, 0.15) is 17.5 Å². The Morgan fingerprint density at radius 2 is 2.06 bits per heavy atom. The van der Waals surface area contributed by atoms with Crippen molar-refractivity contribution >= 4 is 28.1 Å². The summed E-state index contributed by atoms with van der Waals surface area (Å²) in [5.74, 6) is -0.849. The highest BCUT2D eigenvalue weighted by Crippen LogP contribution is 2.23. The lowest BCUT2D eigenvalue weighted by Crippen LogP contribution is -2.01. The average molecular weight is 306 g/mol. The molecule has 0 atom stereocenters. The van der Waals surface area contributed by atoms with Crippen LogP contribution in [0.1, 0.15) is 5.82 Å². The van der Waals surface area contributed by atoms with Crippen molar-refractivity contribution in [3.05, 3.63) is 38.8 Å². The molecule has 84 valence electrons. The molecule has 2 aromatic rings. The molecule has 1 heterocycles. The van der Waals surface area contributed by atoms with Gasteiger partial charge in [0, 0.05) is 6.07 Å². The van der Waals surface area contributed by atoms with E-state index in [1.165, 1.54) is 10.6 Å². The number of aromatic amines is 1. The van der Waals surface area contributed by atoms with Crippen LogP contribution in [0.2, 0.25) is 0 Å². The van der Waals surface area contributed by atoms with E-state index in [4.69, 9.17) is 12.2 Å². The zero-order valence-electron chi connectivity index (χ0n) is 8.09. The fraction of sp³-hybridized carbons (Fsp3) is 0.111. The van der Waals surface area contributed by atoms with Crippen LogP contribution < -0.4 is 0 Å². The number of hydrogen-bond donors (Lipinski definition) is 1. The molecular formula is C9H6BrF2N3S. The van der Waals surface area contributed by atoms with Crippen molar-refractivity contribution in [2.24, 2.45) is 0 Å². The third kappa shape index (κ3) is 1.80. The fourth-order valence-electron chi connectivity index (χ4n) is 1.34. The van der Waals surface area contributed by atoms with Crippen LogP contribution in [0.3, 0.4) is 0 Å². The zero-order valence-corrected chi connectivity index (χ0v) is 10.5. The normalized spacial score (nSPS) is 10.8. The molecule has 0 unspecified atom stereocenters. The van der Waals surface area contributed by atoms with Crippen LogP contribution in [0.25, 0.3) is 5.69 Å². The number of aryl methyl sites for hydroxylation is 1. The second-order valence-electron chi connectivity index (χ2n) is 3.13. The molecule has 0 saturated heterocycles. The SMILES string of the molecule is Cc1n[nH]c(=S)n1-c1cc(Br)c(F)cc1F. The Labute approximate surface area is 103 Å². The summed E-state index contributed by atoms with van der Waals surface area (Å²) in [4.78, 5) is 0. The molecule has 0 aliphatic carbocycles. The second kappa shape index (κ2) is 4.06. The molecule has 1 aromatic carbocycles. The maximum Gasteiger partial charge on any atom is 0.199 e. The molecule has 7 heteroatoms. The molecule has 0 fully saturated rings. The van der Waals surface area contributed by atoms with E-state index in [-0.39, 0.29) is 14.9 Å². The van der Waals surface area contributed by atoms with Gasteiger partial charge >= 0.3 is 0 Å². The summed E-state index contributed by atoms with van der Waals surface area (Å²) in [7, 11) is 0. The highest BCUT2D eigenvalue weighted by atomic mass is 79.9. The molecule has 0 aliphatic heterocycles. The van der Waals surface area contributed by atoms with Gasteiger partial charge in [0.05, 0.1) is 10.2 Å². The maximum atomic E-state index is 13.6. The van der Waals surface area contributed by atoms with Crippen molar-refractivity contribution in [3.63, 3.8) is 0 Å². The molecule has 0 radical (unpaired) electrons. The van der Waals surface area contributed by atoms with Gasteiger partial charge in [-0.25, -0.2) is 8.78 Å². The molecule has 1 N–H and O–H groups in total. The van der Waals surface area contributed by atoms with Gasteiger partial charge in [0.25, 0.3) is 0 Å². The summed E-state index contributed by atoms with van der Waals surface area (Å²) in [6.07, 6.45) is 0. The highest BCUT2D eigenvalue weighted by Gasteiger charge is 2.12. The Kier molecular flexibility index (Phi) is 2.90. The Morgan fingerprint density at radius 1 is 1.38 bits per heavy atom. The minimum absolute atomic E-state index is 0.157. The molecule has 2 rings (SSSR count). The number of nitrogens with one attached hydrogen (secondary N) is 1. The molecule has 0 amide bonds. The summed E-state index contributed by atoms with van der Waals surface area (Å²) in [6.45, 7) is 1.67. The van der Waals surface area contributed by atoms with Crippen molar-refractivity contribution in [1.29, 1.82) is 0 Å². The van der Waals surface area contributed by atoms with Crippen molar-refractivity contribution in [1.82, 2.24) is 14.8 Å². The van der Waals surface area contributed by atoms with Crippen molar-refractivity contribution in [2.75, 3.05) is 0 Å². The number of hydrogen-bond acceptors (Lipinski definition) is 2. The largest absolute Gasteiger partial charge is 0.269 e. The summed E-state index contributed by atoms with van der Waals surface area (Å²) in [5.41, 5.74) is 0.157. The van der Waals surface area contributed by atoms with Crippen LogP contribution in [0, 0.1) is 23.3 Å². The van der Waals surface area contributed by atoms with Crippen molar-refractivity contribution in [3.8, 4) is 5.69 Å². The standard InChI is InChI=1S/C9H6BrF2N3S/c1-4-13-14-9(16)15(4)8-2-5(10)6(11)3-7(8)12/h2-3H,1H3,(H,14,16). The van der Waals surface area contributed by atoms with E-state index in [0.29, 0.717) is 5.82 Å². The van der Waals surface area contributed by atoms with E-state index >= 15 is 0 Å². The molecule has 0 aliphatic rings. The van der Waals surface area contributed by atoms with Gasteiger partial charge in [-0.2, -0.15) is 5.10 Å². The molecule has 1 aromatic heterocycles. The first-order chi connectivity index (χ1) is 7.50. The maximum absolute atomic E-state index is 13.6. The quantitative estimate of drug-likeness (QED) is 0.648. The smallest absolute Gasteiger partial charge is 0.199 e. The van der Waals surface area contributed by atoms with Crippen LogP contribution in [0.15, 0.2) is 16.6 Å². The minimum atomic E-state index is -0.693. The van der Waals surface area contributed by atoms with E-state index in [0.717, 1.165) is 6.07 Å². The summed E-state index contributed by atoms with van der Waals surface area (Å²) < 4.78 is 28.5. The Bertz CT molecular complexity index is 605. The van der Waals surface area contributed by atoms with Gasteiger partial charge < -0.3 is 0 Å². The van der Waals surface area contributed by atoms with Crippen LogP contribution in [0.5, 0.6) is 0 Å². The Balaban J connectivity index is 2.74. The summed E-state index contributed by atoms with van der Waals surface area (Å²) >= 11 is 7.96. The predicted octanol–water partition coefficient (Wildman–Crippen LogP) is 3.28. The topological polar surface area (TPSA) is 33.6 Å². The molecule has 0 bridgehead atoms. The fourth-order valence-corrected chi connectivity index (χ4v) is 1.95. The first kappa shape index (κ1) is 11.4. The van der Waals surface area contributed by atoms with E-state index < -0.39 is 11.6 Å². The lowest BCUT2D eigenvalue weighted by atomic mass is 10.3. The Hall–Kier alpha value is -1.08. The number of halogens is 3. The lowest BCUT2D eigenvalue weighted by Gasteiger charge is -2.06.